The quantitative estimate of drug-likeness (QED) is 0.895. The molecule has 0 atom stereocenters. The van der Waals surface area contributed by atoms with Crippen molar-refractivity contribution in [1.29, 1.82) is 0 Å². The summed E-state index contributed by atoms with van der Waals surface area (Å²) in [6.45, 7) is 3.95. The summed E-state index contributed by atoms with van der Waals surface area (Å²) in [6, 6.07) is 7.42. The Morgan fingerprint density at radius 2 is 1.84 bits per heavy atom. The number of rotatable bonds is 4. The van der Waals surface area contributed by atoms with Gasteiger partial charge in [-0.05, 0) is 49.7 Å². The van der Waals surface area contributed by atoms with E-state index in [1.165, 1.54) is 0 Å². The highest BCUT2D eigenvalue weighted by Gasteiger charge is 2.03. The summed E-state index contributed by atoms with van der Waals surface area (Å²) in [5.74, 6) is 1.17. The van der Waals surface area contributed by atoms with Crippen molar-refractivity contribution >= 4 is 29.2 Å². The lowest BCUT2D eigenvalue weighted by atomic mass is 10.3. The number of nitrogens with one attached hydrogen (secondary N) is 1. The Labute approximate surface area is 116 Å². The maximum Gasteiger partial charge on any atom is 0.233 e. The first-order valence-electron chi connectivity index (χ1n) is 5.74. The van der Waals surface area contributed by atoms with Gasteiger partial charge in [0, 0.05) is 5.69 Å². The van der Waals surface area contributed by atoms with E-state index < -0.39 is 0 Å². The van der Waals surface area contributed by atoms with E-state index in [9.17, 15) is 0 Å². The molecule has 2 aromatic rings. The molecule has 0 spiro atoms. The molecule has 3 N–H and O–H groups in total. The van der Waals surface area contributed by atoms with E-state index in [1.807, 2.05) is 38.1 Å². The fraction of sp³-hybridized carbons (Fsp3) is 0.250. The molecule has 6 nitrogen and oxygen atoms in total. The Morgan fingerprint density at radius 3 is 2.42 bits per heavy atom. The summed E-state index contributed by atoms with van der Waals surface area (Å²) in [6.07, 6.45) is 0.140. The second-order valence-electron chi connectivity index (χ2n) is 4.10. The Bertz CT molecular complexity index is 538. The second-order valence-corrected chi connectivity index (χ2v) is 4.44. The third-order valence-electron chi connectivity index (χ3n) is 2.11. The molecule has 0 aliphatic rings. The third-order valence-corrected chi connectivity index (χ3v) is 2.28. The van der Waals surface area contributed by atoms with Crippen molar-refractivity contribution in [3.05, 3.63) is 29.5 Å². The molecular weight excluding hydrogens is 266 g/mol. The number of hydrogen-bond donors (Lipinski definition) is 2. The molecule has 1 aromatic carbocycles. The number of benzene rings is 1. The average Bonchev–Trinajstić information content (AvgIpc) is 2.29. The number of anilines is 3. The lowest BCUT2D eigenvalue weighted by molar-refractivity contribution is 0.242. The predicted molar refractivity (Wildman–Crippen MR) is 74.7 cm³/mol. The normalized spacial score (nSPS) is 10.5. The lowest BCUT2D eigenvalue weighted by Gasteiger charge is -2.10. The van der Waals surface area contributed by atoms with Crippen LogP contribution in [0.3, 0.4) is 0 Å². The molecule has 0 aliphatic heterocycles. The Morgan fingerprint density at radius 1 is 1.16 bits per heavy atom. The van der Waals surface area contributed by atoms with Crippen LogP contribution in [0.25, 0.3) is 0 Å². The van der Waals surface area contributed by atoms with Crippen LogP contribution in [0.1, 0.15) is 13.8 Å². The number of halogens is 1. The van der Waals surface area contributed by atoms with Gasteiger partial charge in [-0.1, -0.05) is 0 Å². The van der Waals surface area contributed by atoms with E-state index in [-0.39, 0.29) is 17.3 Å². The first-order valence-corrected chi connectivity index (χ1v) is 6.11. The minimum atomic E-state index is 0.0507. The number of hydrogen-bond acceptors (Lipinski definition) is 6. The summed E-state index contributed by atoms with van der Waals surface area (Å²) in [5.41, 5.74) is 6.29. The van der Waals surface area contributed by atoms with Crippen molar-refractivity contribution in [2.24, 2.45) is 0 Å². The molecule has 0 unspecified atom stereocenters. The Kier molecular flexibility index (Phi) is 4.01. The van der Waals surface area contributed by atoms with Gasteiger partial charge in [0.2, 0.25) is 17.2 Å². The number of ether oxygens (including phenoxy) is 1. The van der Waals surface area contributed by atoms with Crippen molar-refractivity contribution in [3.8, 4) is 5.75 Å². The highest BCUT2D eigenvalue weighted by Crippen LogP contribution is 2.19. The molecule has 0 saturated heterocycles. The van der Waals surface area contributed by atoms with Gasteiger partial charge in [0.25, 0.3) is 0 Å². The number of aromatic nitrogens is 3. The molecule has 2 rings (SSSR count). The van der Waals surface area contributed by atoms with Gasteiger partial charge in [-0.25, -0.2) is 0 Å². The smallest absolute Gasteiger partial charge is 0.233 e. The summed E-state index contributed by atoms with van der Waals surface area (Å²) < 4.78 is 5.55. The van der Waals surface area contributed by atoms with Crippen molar-refractivity contribution in [2.45, 2.75) is 20.0 Å². The van der Waals surface area contributed by atoms with Crippen LogP contribution in [0.4, 0.5) is 17.6 Å². The minimum absolute atomic E-state index is 0.0507. The largest absolute Gasteiger partial charge is 0.491 e. The molecule has 1 aromatic heterocycles. The Hall–Kier alpha value is -2.08. The zero-order chi connectivity index (χ0) is 13.8. The molecule has 0 radical (unpaired) electrons. The van der Waals surface area contributed by atoms with Crippen molar-refractivity contribution < 1.29 is 4.74 Å². The van der Waals surface area contributed by atoms with Gasteiger partial charge in [-0.15, -0.1) is 0 Å². The molecule has 7 heteroatoms. The molecule has 0 saturated carbocycles. The van der Waals surface area contributed by atoms with Crippen LogP contribution >= 0.6 is 11.6 Å². The van der Waals surface area contributed by atoms with Crippen LogP contribution < -0.4 is 15.8 Å². The summed E-state index contributed by atoms with van der Waals surface area (Å²) in [4.78, 5) is 11.5. The van der Waals surface area contributed by atoms with E-state index in [4.69, 9.17) is 22.1 Å². The van der Waals surface area contributed by atoms with Gasteiger partial charge in [-0.2, -0.15) is 15.0 Å². The first kappa shape index (κ1) is 13.4. The fourth-order valence-electron chi connectivity index (χ4n) is 1.44. The van der Waals surface area contributed by atoms with E-state index in [0.717, 1.165) is 11.4 Å². The monoisotopic (exact) mass is 279 g/mol. The summed E-state index contributed by atoms with van der Waals surface area (Å²) in [5, 5.41) is 3.03. The van der Waals surface area contributed by atoms with Crippen LogP contribution in [-0.2, 0) is 0 Å². The molecule has 0 fully saturated rings. The third kappa shape index (κ3) is 3.96. The highest BCUT2D eigenvalue weighted by atomic mass is 35.5. The summed E-state index contributed by atoms with van der Waals surface area (Å²) >= 11 is 5.70. The topological polar surface area (TPSA) is 86.0 Å². The molecule has 1 heterocycles. The molecule has 0 aliphatic carbocycles. The molecule has 19 heavy (non-hydrogen) atoms. The van der Waals surface area contributed by atoms with Gasteiger partial charge < -0.3 is 15.8 Å². The zero-order valence-corrected chi connectivity index (χ0v) is 11.3. The number of nitrogens with two attached hydrogens (primary N) is 1. The first-order chi connectivity index (χ1) is 9.02. The van der Waals surface area contributed by atoms with Crippen molar-refractivity contribution in [2.75, 3.05) is 11.1 Å². The molecule has 0 amide bonds. The van der Waals surface area contributed by atoms with E-state index in [1.54, 1.807) is 0 Å². The molecule has 100 valence electrons. The number of nitrogen functional groups attached to an aromatic ring is 1. The van der Waals surface area contributed by atoms with Crippen LogP contribution in [-0.4, -0.2) is 21.1 Å². The van der Waals surface area contributed by atoms with E-state index >= 15 is 0 Å². The van der Waals surface area contributed by atoms with Crippen LogP contribution in [0, 0.1) is 0 Å². The lowest BCUT2D eigenvalue weighted by Crippen LogP contribution is -2.05. The second kappa shape index (κ2) is 5.71. The van der Waals surface area contributed by atoms with E-state index in [0.29, 0.717) is 5.95 Å². The molecular formula is C12H14ClN5O. The van der Waals surface area contributed by atoms with Gasteiger partial charge >= 0.3 is 0 Å². The van der Waals surface area contributed by atoms with E-state index in [2.05, 4.69) is 20.3 Å². The van der Waals surface area contributed by atoms with Gasteiger partial charge in [0.15, 0.2) is 0 Å². The van der Waals surface area contributed by atoms with Crippen LogP contribution in [0.15, 0.2) is 24.3 Å². The van der Waals surface area contributed by atoms with Crippen molar-refractivity contribution in [3.63, 3.8) is 0 Å². The standard InChI is InChI=1S/C12H14ClN5O/c1-7(2)19-9-5-3-8(4-6-9)15-12-17-10(13)16-11(14)18-12/h3-7H,1-2H3,(H3,14,15,16,17,18). The maximum atomic E-state index is 5.70. The fourth-order valence-corrected chi connectivity index (χ4v) is 1.61. The predicted octanol–water partition coefficient (Wildman–Crippen LogP) is 2.64. The Balaban J connectivity index is 2.10. The molecule has 0 bridgehead atoms. The SMILES string of the molecule is CC(C)Oc1ccc(Nc2nc(N)nc(Cl)n2)cc1. The van der Waals surface area contributed by atoms with Gasteiger partial charge in [0.1, 0.15) is 5.75 Å². The van der Waals surface area contributed by atoms with Gasteiger partial charge in [-0.3, -0.25) is 0 Å². The number of nitrogens with zero attached hydrogens (tertiary/aromatic N) is 3. The summed E-state index contributed by atoms with van der Waals surface area (Å²) in [7, 11) is 0. The average molecular weight is 280 g/mol. The van der Waals surface area contributed by atoms with Crippen LogP contribution in [0.5, 0.6) is 5.75 Å². The minimum Gasteiger partial charge on any atom is -0.491 e. The van der Waals surface area contributed by atoms with Crippen molar-refractivity contribution in [1.82, 2.24) is 15.0 Å². The van der Waals surface area contributed by atoms with Gasteiger partial charge in [0.05, 0.1) is 6.10 Å². The zero-order valence-electron chi connectivity index (χ0n) is 10.6. The highest BCUT2D eigenvalue weighted by molar-refractivity contribution is 6.28. The maximum absolute atomic E-state index is 5.70. The van der Waals surface area contributed by atoms with Crippen LogP contribution in [0.2, 0.25) is 5.28 Å².